The molecule has 2 heterocycles. The van der Waals surface area contributed by atoms with Crippen LogP contribution in [0.4, 0.5) is 0 Å². The fraction of sp³-hybridized carbons (Fsp3) is 0.500. The molecule has 1 saturated carbocycles. The first-order chi connectivity index (χ1) is 13.4. The second kappa shape index (κ2) is 7.40. The zero-order valence-electron chi connectivity index (χ0n) is 15.7. The number of hydrogen-bond acceptors (Lipinski definition) is 6. The van der Waals surface area contributed by atoms with Crippen LogP contribution in [0.5, 0.6) is 0 Å². The van der Waals surface area contributed by atoms with E-state index < -0.39 is 10.0 Å². The maximum atomic E-state index is 12.8. The molecule has 1 aliphatic heterocycles. The van der Waals surface area contributed by atoms with Gasteiger partial charge in [0.2, 0.25) is 10.0 Å². The minimum Gasteiger partial charge on any atom is -0.307 e. The average Bonchev–Trinajstić information content (AvgIpc) is 3.51. The van der Waals surface area contributed by atoms with Crippen molar-refractivity contribution in [1.29, 1.82) is 5.26 Å². The van der Waals surface area contributed by atoms with Crippen LogP contribution in [0.1, 0.15) is 30.1 Å². The first-order valence-electron chi connectivity index (χ1n) is 9.26. The monoisotopic (exact) mass is 418 g/mol. The Morgan fingerprint density at radius 1 is 1.18 bits per heavy atom. The number of rotatable bonds is 5. The number of piperazine rings is 1. The van der Waals surface area contributed by atoms with Crippen molar-refractivity contribution in [1.82, 2.24) is 23.6 Å². The predicted molar refractivity (Wildman–Crippen MR) is 105 cm³/mol. The third kappa shape index (κ3) is 3.63. The van der Waals surface area contributed by atoms with Crippen LogP contribution in [0.2, 0.25) is 0 Å². The minimum absolute atomic E-state index is 0.223. The summed E-state index contributed by atoms with van der Waals surface area (Å²) in [5.74, 6) is 1.58. The third-order valence-corrected chi connectivity index (χ3v) is 7.70. The SMILES string of the molecule is Cn1c(C2CC2)nn(CN2CCN(S(=O)(=O)c3ccc(C#N)cc3)CC2)c1=S. The summed E-state index contributed by atoms with van der Waals surface area (Å²) in [5.41, 5.74) is 0.446. The van der Waals surface area contributed by atoms with E-state index in [1.165, 1.54) is 41.4 Å². The molecule has 8 nitrogen and oxygen atoms in total. The standard InChI is InChI=1S/C18H22N6O2S2/c1-21-17(15-4-5-15)20-24(18(21)27)13-22-8-10-23(11-9-22)28(25,26)16-6-2-14(12-19)3-7-16/h2-3,6-7,15H,4-5,8-11,13H2,1H3. The molecule has 4 rings (SSSR count). The van der Waals surface area contributed by atoms with Crippen molar-refractivity contribution in [3.05, 3.63) is 40.4 Å². The van der Waals surface area contributed by atoms with Crippen LogP contribution in [-0.4, -0.2) is 58.1 Å². The molecule has 28 heavy (non-hydrogen) atoms. The second-order valence-corrected chi connectivity index (χ2v) is 9.58. The lowest BCUT2D eigenvalue weighted by molar-refractivity contribution is 0.144. The fourth-order valence-electron chi connectivity index (χ4n) is 3.45. The van der Waals surface area contributed by atoms with E-state index in [2.05, 4.69) is 10.00 Å². The van der Waals surface area contributed by atoms with Gasteiger partial charge in [-0.2, -0.15) is 14.7 Å². The number of benzene rings is 1. The quantitative estimate of drug-likeness (QED) is 0.687. The lowest BCUT2D eigenvalue weighted by Gasteiger charge is -2.33. The lowest BCUT2D eigenvalue weighted by atomic mass is 10.2. The third-order valence-electron chi connectivity index (χ3n) is 5.30. The van der Waals surface area contributed by atoms with E-state index in [-0.39, 0.29) is 4.90 Å². The van der Waals surface area contributed by atoms with Gasteiger partial charge in [0.25, 0.3) is 0 Å². The Morgan fingerprint density at radius 3 is 2.39 bits per heavy atom. The Kier molecular flexibility index (Phi) is 5.09. The average molecular weight is 419 g/mol. The van der Waals surface area contributed by atoms with E-state index in [1.807, 2.05) is 22.4 Å². The Bertz CT molecular complexity index is 1070. The maximum absolute atomic E-state index is 12.8. The first-order valence-corrected chi connectivity index (χ1v) is 11.1. The molecule has 148 valence electrons. The highest BCUT2D eigenvalue weighted by molar-refractivity contribution is 7.89. The zero-order valence-corrected chi connectivity index (χ0v) is 17.3. The van der Waals surface area contributed by atoms with Gasteiger partial charge in [-0.1, -0.05) is 0 Å². The molecule has 0 radical (unpaired) electrons. The molecule has 2 aliphatic rings. The van der Waals surface area contributed by atoms with Gasteiger partial charge in [-0.3, -0.25) is 4.90 Å². The summed E-state index contributed by atoms with van der Waals surface area (Å²) in [6.07, 6.45) is 2.34. The lowest BCUT2D eigenvalue weighted by Crippen LogP contribution is -2.48. The van der Waals surface area contributed by atoms with Gasteiger partial charge in [0.1, 0.15) is 5.82 Å². The highest BCUT2D eigenvalue weighted by Gasteiger charge is 2.31. The van der Waals surface area contributed by atoms with Crippen molar-refractivity contribution in [3.8, 4) is 6.07 Å². The molecule has 2 fully saturated rings. The molecule has 0 amide bonds. The molecule has 1 aliphatic carbocycles. The molecule has 2 aromatic rings. The minimum atomic E-state index is -3.55. The normalized spacial score (nSPS) is 18.9. The van der Waals surface area contributed by atoms with Crippen LogP contribution >= 0.6 is 12.2 Å². The van der Waals surface area contributed by atoms with Crippen molar-refractivity contribution in [2.24, 2.45) is 7.05 Å². The molecule has 10 heteroatoms. The van der Waals surface area contributed by atoms with Crippen LogP contribution in [0.3, 0.4) is 0 Å². The van der Waals surface area contributed by atoms with E-state index in [9.17, 15) is 8.42 Å². The van der Waals surface area contributed by atoms with Gasteiger partial charge in [0.05, 0.1) is 23.2 Å². The summed E-state index contributed by atoms with van der Waals surface area (Å²) in [6, 6.07) is 8.05. The van der Waals surface area contributed by atoms with E-state index in [0.717, 1.165) is 5.82 Å². The van der Waals surface area contributed by atoms with Gasteiger partial charge in [-0.25, -0.2) is 13.1 Å². The molecule has 1 saturated heterocycles. The molecule has 0 N–H and O–H groups in total. The summed E-state index contributed by atoms with van der Waals surface area (Å²) in [4.78, 5) is 2.39. The molecule has 0 bridgehead atoms. The highest BCUT2D eigenvalue weighted by atomic mass is 32.2. The number of hydrogen-bond donors (Lipinski definition) is 0. The molecule has 0 atom stereocenters. The van der Waals surface area contributed by atoms with Crippen molar-refractivity contribution in [2.45, 2.75) is 30.3 Å². The van der Waals surface area contributed by atoms with E-state index >= 15 is 0 Å². The topological polar surface area (TPSA) is 87.2 Å². The predicted octanol–water partition coefficient (Wildman–Crippen LogP) is 1.66. The van der Waals surface area contributed by atoms with Gasteiger partial charge < -0.3 is 4.57 Å². The molecule has 0 unspecified atom stereocenters. The molecular formula is C18H22N6O2S2. The van der Waals surface area contributed by atoms with Gasteiger partial charge in [-0.05, 0) is 49.3 Å². The Labute approximate surface area is 169 Å². The number of nitrogens with zero attached hydrogens (tertiary/aromatic N) is 6. The molecule has 1 aromatic carbocycles. The van der Waals surface area contributed by atoms with Gasteiger partial charge >= 0.3 is 0 Å². The van der Waals surface area contributed by atoms with Crippen LogP contribution < -0.4 is 0 Å². The van der Waals surface area contributed by atoms with Crippen molar-refractivity contribution >= 4 is 22.2 Å². The van der Waals surface area contributed by atoms with Crippen LogP contribution in [0.15, 0.2) is 29.2 Å². The first kappa shape index (κ1) is 19.3. The Morgan fingerprint density at radius 2 is 1.82 bits per heavy atom. The second-order valence-electron chi connectivity index (χ2n) is 7.27. The fourth-order valence-corrected chi connectivity index (χ4v) is 5.06. The Balaban J connectivity index is 1.41. The summed E-state index contributed by atoms with van der Waals surface area (Å²) in [5, 5.41) is 13.5. The smallest absolute Gasteiger partial charge is 0.243 e. The van der Waals surface area contributed by atoms with Gasteiger partial charge in [0, 0.05) is 39.1 Å². The maximum Gasteiger partial charge on any atom is 0.243 e. The zero-order chi connectivity index (χ0) is 19.9. The molecule has 1 aromatic heterocycles. The summed E-state index contributed by atoms with van der Waals surface area (Å²) >= 11 is 5.50. The van der Waals surface area contributed by atoms with Crippen LogP contribution in [0.25, 0.3) is 0 Å². The summed E-state index contributed by atoms with van der Waals surface area (Å²) in [7, 11) is -1.59. The van der Waals surface area contributed by atoms with Gasteiger partial charge in [0.15, 0.2) is 4.77 Å². The summed E-state index contributed by atoms with van der Waals surface area (Å²) in [6.45, 7) is 2.64. The van der Waals surface area contributed by atoms with Gasteiger partial charge in [-0.15, -0.1) is 0 Å². The van der Waals surface area contributed by atoms with E-state index in [4.69, 9.17) is 17.5 Å². The van der Waals surface area contributed by atoms with Crippen molar-refractivity contribution in [3.63, 3.8) is 0 Å². The number of nitriles is 1. The van der Waals surface area contributed by atoms with Crippen LogP contribution in [0, 0.1) is 16.1 Å². The number of sulfonamides is 1. The van der Waals surface area contributed by atoms with Crippen molar-refractivity contribution < 1.29 is 8.42 Å². The highest BCUT2D eigenvalue weighted by Crippen LogP contribution is 2.38. The van der Waals surface area contributed by atoms with Crippen LogP contribution in [-0.2, 0) is 23.7 Å². The Hall–Kier alpha value is -2.06. The van der Waals surface area contributed by atoms with E-state index in [1.54, 1.807) is 0 Å². The largest absolute Gasteiger partial charge is 0.307 e. The van der Waals surface area contributed by atoms with E-state index in [0.29, 0.717) is 49.1 Å². The molecule has 0 spiro atoms. The number of aromatic nitrogens is 3. The summed E-state index contributed by atoms with van der Waals surface area (Å²) < 4.78 is 31.7. The molecular weight excluding hydrogens is 396 g/mol. The van der Waals surface area contributed by atoms with Crippen molar-refractivity contribution in [2.75, 3.05) is 26.2 Å².